The Labute approximate surface area is 91.9 Å². The van der Waals surface area contributed by atoms with Gasteiger partial charge in [0.15, 0.2) is 0 Å². The summed E-state index contributed by atoms with van der Waals surface area (Å²) in [5, 5.41) is 3.42. The standard InChI is InChI=1S/C12H21N3/c1-3-11-8-14-10-15(11)9-12(2)4-6-13-7-5-12/h8,10,13H,3-7,9H2,1-2H3. The first-order chi connectivity index (χ1) is 7.23. The zero-order valence-electron chi connectivity index (χ0n) is 9.79. The van der Waals surface area contributed by atoms with Crippen molar-refractivity contribution in [1.29, 1.82) is 0 Å². The molecule has 1 aromatic rings. The van der Waals surface area contributed by atoms with E-state index >= 15 is 0 Å². The van der Waals surface area contributed by atoms with Gasteiger partial charge in [-0.05, 0) is 37.8 Å². The molecular formula is C12H21N3. The summed E-state index contributed by atoms with van der Waals surface area (Å²) in [6.07, 6.45) is 7.59. The molecule has 84 valence electrons. The lowest BCUT2D eigenvalue weighted by molar-refractivity contribution is 0.193. The van der Waals surface area contributed by atoms with Gasteiger partial charge in [0, 0.05) is 18.4 Å². The summed E-state index contributed by atoms with van der Waals surface area (Å²) in [5.74, 6) is 0. The molecule has 1 saturated heterocycles. The van der Waals surface area contributed by atoms with E-state index in [1.807, 2.05) is 12.5 Å². The minimum absolute atomic E-state index is 0.454. The van der Waals surface area contributed by atoms with E-state index in [0.29, 0.717) is 5.41 Å². The van der Waals surface area contributed by atoms with Crippen molar-refractivity contribution in [1.82, 2.24) is 14.9 Å². The highest BCUT2D eigenvalue weighted by atomic mass is 15.1. The second-order valence-corrected chi connectivity index (χ2v) is 4.93. The van der Waals surface area contributed by atoms with Crippen LogP contribution in [0.3, 0.4) is 0 Å². The number of hydrogen-bond donors (Lipinski definition) is 1. The van der Waals surface area contributed by atoms with E-state index in [9.17, 15) is 0 Å². The number of nitrogens with one attached hydrogen (secondary N) is 1. The van der Waals surface area contributed by atoms with Gasteiger partial charge in [-0.2, -0.15) is 0 Å². The van der Waals surface area contributed by atoms with Crippen LogP contribution in [0, 0.1) is 5.41 Å². The summed E-state index contributed by atoms with van der Waals surface area (Å²) in [5.41, 5.74) is 1.81. The van der Waals surface area contributed by atoms with E-state index in [1.54, 1.807) is 0 Å². The zero-order valence-corrected chi connectivity index (χ0v) is 9.79. The summed E-state index contributed by atoms with van der Waals surface area (Å²) in [4.78, 5) is 4.24. The lowest BCUT2D eigenvalue weighted by Gasteiger charge is -2.34. The number of rotatable bonds is 3. The third-order valence-corrected chi connectivity index (χ3v) is 3.52. The van der Waals surface area contributed by atoms with Gasteiger partial charge in [-0.15, -0.1) is 0 Å². The highest BCUT2D eigenvalue weighted by Gasteiger charge is 2.27. The molecule has 1 aliphatic rings. The van der Waals surface area contributed by atoms with E-state index in [-0.39, 0.29) is 0 Å². The van der Waals surface area contributed by atoms with Crippen LogP contribution < -0.4 is 5.32 Å². The summed E-state index contributed by atoms with van der Waals surface area (Å²) in [7, 11) is 0. The molecule has 1 aliphatic heterocycles. The van der Waals surface area contributed by atoms with Crippen molar-refractivity contribution in [2.45, 2.75) is 39.7 Å². The van der Waals surface area contributed by atoms with Gasteiger partial charge in [0.25, 0.3) is 0 Å². The molecular weight excluding hydrogens is 186 g/mol. The van der Waals surface area contributed by atoms with Gasteiger partial charge in [0.05, 0.1) is 6.33 Å². The Hall–Kier alpha value is -0.830. The van der Waals surface area contributed by atoms with E-state index < -0.39 is 0 Å². The van der Waals surface area contributed by atoms with Crippen LogP contribution in [0.5, 0.6) is 0 Å². The van der Waals surface area contributed by atoms with E-state index in [0.717, 1.165) is 26.1 Å². The lowest BCUT2D eigenvalue weighted by Crippen LogP contribution is -2.37. The summed E-state index contributed by atoms with van der Waals surface area (Å²) >= 11 is 0. The van der Waals surface area contributed by atoms with Gasteiger partial charge in [-0.25, -0.2) is 4.98 Å². The Morgan fingerprint density at radius 3 is 2.87 bits per heavy atom. The third-order valence-electron chi connectivity index (χ3n) is 3.52. The van der Waals surface area contributed by atoms with Crippen molar-refractivity contribution in [3.05, 3.63) is 18.2 Å². The normalized spacial score (nSPS) is 20.4. The lowest BCUT2D eigenvalue weighted by atomic mass is 9.81. The monoisotopic (exact) mass is 207 g/mol. The van der Waals surface area contributed by atoms with Crippen LogP contribution in [0.4, 0.5) is 0 Å². The van der Waals surface area contributed by atoms with Gasteiger partial charge < -0.3 is 9.88 Å². The maximum Gasteiger partial charge on any atom is 0.0948 e. The molecule has 0 aliphatic carbocycles. The van der Waals surface area contributed by atoms with Crippen LogP contribution in [0.25, 0.3) is 0 Å². The highest BCUT2D eigenvalue weighted by molar-refractivity contribution is 4.99. The fourth-order valence-electron chi connectivity index (χ4n) is 2.38. The van der Waals surface area contributed by atoms with Gasteiger partial charge in [-0.3, -0.25) is 0 Å². The SMILES string of the molecule is CCc1cncn1CC1(C)CCNCC1. The van der Waals surface area contributed by atoms with Crippen LogP contribution in [-0.2, 0) is 13.0 Å². The van der Waals surface area contributed by atoms with Crippen LogP contribution in [-0.4, -0.2) is 22.6 Å². The molecule has 15 heavy (non-hydrogen) atoms. The smallest absolute Gasteiger partial charge is 0.0948 e. The Bertz CT molecular complexity index is 310. The van der Waals surface area contributed by atoms with Gasteiger partial charge >= 0.3 is 0 Å². The number of imidazole rings is 1. The molecule has 0 radical (unpaired) electrons. The molecule has 3 nitrogen and oxygen atoms in total. The molecule has 1 fully saturated rings. The summed E-state index contributed by atoms with van der Waals surface area (Å²) in [6, 6.07) is 0. The number of hydrogen-bond acceptors (Lipinski definition) is 2. The molecule has 0 atom stereocenters. The second kappa shape index (κ2) is 4.35. The molecule has 0 unspecified atom stereocenters. The molecule has 0 spiro atoms. The van der Waals surface area contributed by atoms with E-state index in [4.69, 9.17) is 0 Å². The third kappa shape index (κ3) is 2.40. The molecule has 0 bridgehead atoms. The predicted molar refractivity (Wildman–Crippen MR) is 61.8 cm³/mol. The number of aromatic nitrogens is 2. The summed E-state index contributed by atoms with van der Waals surface area (Å²) in [6.45, 7) is 8.03. The second-order valence-electron chi connectivity index (χ2n) is 4.93. The Kier molecular flexibility index (Phi) is 3.10. The zero-order chi connectivity index (χ0) is 10.7. The molecule has 0 saturated carbocycles. The maximum absolute atomic E-state index is 4.24. The van der Waals surface area contributed by atoms with Crippen LogP contribution >= 0.6 is 0 Å². The average molecular weight is 207 g/mol. The number of piperidine rings is 1. The first-order valence-corrected chi connectivity index (χ1v) is 5.93. The topological polar surface area (TPSA) is 29.9 Å². The first kappa shape index (κ1) is 10.7. The van der Waals surface area contributed by atoms with Crippen molar-refractivity contribution in [2.75, 3.05) is 13.1 Å². The Balaban J connectivity index is 2.06. The van der Waals surface area contributed by atoms with Crippen molar-refractivity contribution in [3.8, 4) is 0 Å². The Morgan fingerprint density at radius 2 is 2.20 bits per heavy atom. The molecule has 0 amide bonds. The van der Waals surface area contributed by atoms with Crippen molar-refractivity contribution in [2.24, 2.45) is 5.41 Å². The Morgan fingerprint density at radius 1 is 1.47 bits per heavy atom. The minimum Gasteiger partial charge on any atom is -0.334 e. The highest BCUT2D eigenvalue weighted by Crippen LogP contribution is 2.30. The molecule has 0 aromatic carbocycles. The molecule has 1 aromatic heterocycles. The van der Waals surface area contributed by atoms with Crippen molar-refractivity contribution in [3.63, 3.8) is 0 Å². The average Bonchev–Trinajstić information content (AvgIpc) is 2.65. The largest absolute Gasteiger partial charge is 0.334 e. The fourth-order valence-corrected chi connectivity index (χ4v) is 2.38. The van der Waals surface area contributed by atoms with Gasteiger partial charge in [-0.1, -0.05) is 13.8 Å². The number of nitrogens with zero attached hydrogens (tertiary/aromatic N) is 2. The van der Waals surface area contributed by atoms with Crippen LogP contribution in [0.1, 0.15) is 32.4 Å². The molecule has 1 N–H and O–H groups in total. The number of aryl methyl sites for hydroxylation is 1. The van der Waals surface area contributed by atoms with E-state index in [2.05, 4.69) is 28.7 Å². The van der Waals surface area contributed by atoms with Crippen LogP contribution in [0.2, 0.25) is 0 Å². The quantitative estimate of drug-likeness (QED) is 0.819. The van der Waals surface area contributed by atoms with Gasteiger partial charge in [0.2, 0.25) is 0 Å². The van der Waals surface area contributed by atoms with Crippen LogP contribution in [0.15, 0.2) is 12.5 Å². The van der Waals surface area contributed by atoms with Gasteiger partial charge in [0.1, 0.15) is 0 Å². The van der Waals surface area contributed by atoms with Crippen molar-refractivity contribution >= 4 is 0 Å². The molecule has 3 heteroatoms. The minimum atomic E-state index is 0.454. The van der Waals surface area contributed by atoms with Crippen molar-refractivity contribution < 1.29 is 0 Å². The first-order valence-electron chi connectivity index (χ1n) is 5.93. The predicted octanol–water partition coefficient (Wildman–Crippen LogP) is 1.84. The fraction of sp³-hybridized carbons (Fsp3) is 0.750. The molecule has 2 heterocycles. The summed E-state index contributed by atoms with van der Waals surface area (Å²) < 4.78 is 2.32. The maximum atomic E-state index is 4.24. The van der Waals surface area contributed by atoms with E-state index in [1.165, 1.54) is 18.5 Å². The molecule has 2 rings (SSSR count).